The summed E-state index contributed by atoms with van der Waals surface area (Å²) >= 11 is 5.99. The number of halogens is 3. The summed E-state index contributed by atoms with van der Waals surface area (Å²) in [7, 11) is 0. The highest BCUT2D eigenvalue weighted by Crippen LogP contribution is 2.45. The number of nitrogens with one attached hydrogen (secondary N) is 1. The van der Waals surface area contributed by atoms with E-state index >= 15 is 4.39 Å². The van der Waals surface area contributed by atoms with Crippen molar-refractivity contribution in [3.63, 3.8) is 0 Å². The molecule has 4 N–H and O–H groups in total. The zero-order valence-electron chi connectivity index (χ0n) is 14.8. The topological polar surface area (TPSA) is 103 Å². The summed E-state index contributed by atoms with van der Waals surface area (Å²) in [4.78, 5) is 16.7. The molecule has 2 atom stereocenters. The van der Waals surface area contributed by atoms with Crippen LogP contribution in [0, 0.1) is 5.82 Å². The average Bonchev–Trinajstić information content (AvgIpc) is 2.69. The largest absolute Gasteiger partial charge is 0.393 e. The monoisotopic (exact) mass is 412 g/mol. The molecule has 1 aliphatic carbocycles. The van der Waals surface area contributed by atoms with Crippen LogP contribution in [0.15, 0.2) is 30.5 Å². The second kappa shape index (κ2) is 7.71. The Kier molecular flexibility index (Phi) is 5.67. The molecule has 2 aromatic rings. The number of fused-ring (bicyclic) bond motifs is 1. The summed E-state index contributed by atoms with van der Waals surface area (Å²) in [6, 6.07) is 4.89. The van der Waals surface area contributed by atoms with Crippen LogP contribution in [0.4, 0.5) is 8.78 Å². The number of carbonyl (C=O) groups is 1. The molecule has 0 radical (unpaired) electrons. The van der Waals surface area contributed by atoms with E-state index < -0.39 is 36.2 Å². The van der Waals surface area contributed by atoms with Crippen LogP contribution in [0.5, 0.6) is 0 Å². The Bertz CT molecular complexity index is 913. The Morgan fingerprint density at radius 2 is 2.07 bits per heavy atom. The zero-order chi connectivity index (χ0) is 20.5. The van der Waals surface area contributed by atoms with E-state index in [1.165, 1.54) is 18.3 Å². The van der Waals surface area contributed by atoms with Crippen molar-refractivity contribution in [2.45, 2.75) is 37.3 Å². The van der Waals surface area contributed by atoms with Crippen molar-refractivity contribution in [3.05, 3.63) is 63.7 Å². The number of hydrogen-bond donors (Lipinski definition) is 4. The number of amides is 1. The second-order valence-electron chi connectivity index (χ2n) is 6.76. The molecule has 0 saturated heterocycles. The molecule has 0 fully saturated rings. The fourth-order valence-electron chi connectivity index (χ4n) is 3.42. The summed E-state index contributed by atoms with van der Waals surface area (Å²) in [6.07, 6.45) is 0.782. The van der Waals surface area contributed by atoms with Crippen LogP contribution < -0.4 is 5.32 Å². The third kappa shape index (κ3) is 3.48. The van der Waals surface area contributed by atoms with Gasteiger partial charge in [0.25, 0.3) is 5.91 Å². The molecule has 9 heteroatoms. The third-order valence-electron chi connectivity index (χ3n) is 5.03. The van der Waals surface area contributed by atoms with Gasteiger partial charge < -0.3 is 20.6 Å². The number of aliphatic hydroxyl groups excluding tert-OH is 2. The van der Waals surface area contributed by atoms with Gasteiger partial charge >= 0.3 is 0 Å². The molecule has 150 valence electrons. The van der Waals surface area contributed by atoms with E-state index in [0.717, 1.165) is 12.1 Å². The van der Waals surface area contributed by atoms with Gasteiger partial charge in [-0.3, -0.25) is 9.78 Å². The standard InChI is InChI=1S/C19H19ClF2N2O4/c20-15-7-12(21)6-11(9-25)13(15)8-24-17(27)19(22)4-3-18(28,10-26)16-14(19)2-1-5-23-16/h1-2,5-7,25-26,28H,3-4,8-10H2,(H,24,27). The molecule has 0 saturated carbocycles. The Labute approximate surface area is 164 Å². The number of pyridine rings is 1. The molecular formula is C19H19ClF2N2O4. The van der Waals surface area contributed by atoms with Crippen LogP contribution in [0.2, 0.25) is 5.02 Å². The molecule has 1 heterocycles. The predicted octanol–water partition coefficient (Wildman–Crippen LogP) is 1.82. The van der Waals surface area contributed by atoms with Crippen LogP contribution in [-0.4, -0.2) is 32.8 Å². The van der Waals surface area contributed by atoms with Crippen LogP contribution in [0.3, 0.4) is 0 Å². The molecule has 6 nitrogen and oxygen atoms in total. The Morgan fingerprint density at radius 3 is 2.75 bits per heavy atom. The number of alkyl halides is 1. The van der Waals surface area contributed by atoms with Crippen molar-refractivity contribution in [2.24, 2.45) is 0 Å². The molecule has 1 amide bonds. The molecular weight excluding hydrogens is 394 g/mol. The van der Waals surface area contributed by atoms with E-state index in [9.17, 15) is 24.5 Å². The van der Waals surface area contributed by atoms with Gasteiger partial charge in [-0.25, -0.2) is 8.78 Å². The lowest BCUT2D eigenvalue weighted by atomic mass is 9.74. The van der Waals surface area contributed by atoms with Crippen molar-refractivity contribution in [3.8, 4) is 0 Å². The van der Waals surface area contributed by atoms with Crippen molar-refractivity contribution in [2.75, 3.05) is 6.61 Å². The predicted molar refractivity (Wildman–Crippen MR) is 96.4 cm³/mol. The van der Waals surface area contributed by atoms with Crippen molar-refractivity contribution in [1.82, 2.24) is 10.3 Å². The van der Waals surface area contributed by atoms with E-state index in [1.54, 1.807) is 0 Å². The molecule has 0 aliphatic heterocycles. The maximum Gasteiger partial charge on any atom is 0.262 e. The summed E-state index contributed by atoms with van der Waals surface area (Å²) < 4.78 is 29.1. The normalized spacial score (nSPS) is 23.9. The fourth-order valence-corrected chi connectivity index (χ4v) is 3.71. The van der Waals surface area contributed by atoms with Crippen LogP contribution in [-0.2, 0) is 29.2 Å². The van der Waals surface area contributed by atoms with Gasteiger partial charge in [0.1, 0.15) is 11.4 Å². The Morgan fingerprint density at radius 1 is 1.32 bits per heavy atom. The number of benzene rings is 1. The number of hydrogen-bond acceptors (Lipinski definition) is 5. The minimum absolute atomic E-state index is 0.00220. The maximum atomic E-state index is 15.7. The molecule has 28 heavy (non-hydrogen) atoms. The average molecular weight is 413 g/mol. The van der Waals surface area contributed by atoms with Crippen molar-refractivity contribution < 1.29 is 28.9 Å². The number of carbonyl (C=O) groups excluding carboxylic acids is 1. The lowest BCUT2D eigenvalue weighted by molar-refractivity contribution is -0.138. The van der Waals surface area contributed by atoms with Gasteiger partial charge in [0.2, 0.25) is 5.67 Å². The van der Waals surface area contributed by atoms with E-state index in [1.807, 2.05) is 0 Å². The Balaban J connectivity index is 1.88. The van der Waals surface area contributed by atoms with Crippen LogP contribution >= 0.6 is 11.6 Å². The van der Waals surface area contributed by atoms with Gasteiger partial charge in [0, 0.05) is 23.3 Å². The first-order valence-corrected chi connectivity index (χ1v) is 8.97. The highest BCUT2D eigenvalue weighted by atomic mass is 35.5. The lowest BCUT2D eigenvalue weighted by Gasteiger charge is -2.38. The fraction of sp³-hybridized carbons (Fsp3) is 0.368. The highest BCUT2D eigenvalue weighted by molar-refractivity contribution is 6.31. The molecule has 1 aromatic carbocycles. The minimum atomic E-state index is -2.48. The SMILES string of the molecule is O=C(NCc1c(Cl)cc(F)cc1CO)C1(F)CCC(O)(CO)c2ncccc21. The van der Waals surface area contributed by atoms with Gasteiger partial charge in [0.05, 0.1) is 18.9 Å². The molecule has 0 bridgehead atoms. The van der Waals surface area contributed by atoms with Gasteiger partial charge in [-0.2, -0.15) is 0 Å². The summed E-state index contributed by atoms with van der Waals surface area (Å²) in [5.41, 5.74) is -3.96. The zero-order valence-corrected chi connectivity index (χ0v) is 15.5. The van der Waals surface area contributed by atoms with Crippen molar-refractivity contribution in [1.29, 1.82) is 0 Å². The maximum absolute atomic E-state index is 15.7. The van der Waals surface area contributed by atoms with Crippen LogP contribution in [0.1, 0.15) is 35.2 Å². The molecule has 1 aromatic heterocycles. The first-order valence-electron chi connectivity index (χ1n) is 8.59. The number of aromatic nitrogens is 1. The first kappa shape index (κ1) is 20.6. The third-order valence-corrected chi connectivity index (χ3v) is 5.37. The molecule has 0 spiro atoms. The molecule has 1 aliphatic rings. The van der Waals surface area contributed by atoms with E-state index in [-0.39, 0.29) is 46.8 Å². The first-order chi connectivity index (χ1) is 13.2. The summed E-state index contributed by atoms with van der Waals surface area (Å²) in [5, 5.41) is 31.8. The van der Waals surface area contributed by atoms with Gasteiger partial charge in [-0.05, 0) is 42.2 Å². The number of nitrogens with zero attached hydrogens (tertiary/aromatic N) is 1. The van der Waals surface area contributed by atoms with Crippen LogP contribution in [0.25, 0.3) is 0 Å². The highest BCUT2D eigenvalue weighted by Gasteiger charge is 2.51. The van der Waals surface area contributed by atoms with Gasteiger partial charge in [0.15, 0.2) is 0 Å². The van der Waals surface area contributed by atoms with Crippen molar-refractivity contribution >= 4 is 17.5 Å². The molecule has 2 unspecified atom stereocenters. The van der Waals surface area contributed by atoms with Gasteiger partial charge in [-0.1, -0.05) is 17.7 Å². The quantitative estimate of drug-likeness (QED) is 0.600. The smallest absolute Gasteiger partial charge is 0.262 e. The van der Waals surface area contributed by atoms with E-state index in [2.05, 4.69) is 10.3 Å². The minimum Gasteiger partial charge on any atom is -0.393 e. The van der Waals surface area contributed by atoms with Gasteiger partial charge in [-0.15, -0.1) is 0 Å². The number of aliphatic hydroxyl groups is 3. The number of rotatable bonds is 5. The second-order valence-corrected chi connectivity index (χ2v) is 7.16. The van der Waals surface area contributed by atoms with E-state index in [0.29, 0.717) is 0 Å². The lowest BCUT2D eigenvalue weighted by Crippen LogP contribution is -2.49. The van der Waals surface area contributed by atoms with E-state index in [4.69, 9.17) is 11.6 Å². The summed E-state index contributed by atoms with van der Waals surface area (Å²) in [5.74, 6) is -1.62. The summed E-state index contributed by atoms with van der Waals surface area (Å²) in [6.45, 7) is -1.38. The Hall–Kier alpha value is -2.13. The molecule has 3 rings (SSSR count).